The average molecular weight is 338 g/mol. The summed E-state index contributed by atoms with van der Waals surface area (Å²) in [5, 5.41) is 6.43. The van der Waals surface area contributed by atoms with Gasteiger partial charge in [0.1, 0.15) is 0 Å². The zero-order valence-electron chi connectivity index (χ0n) is 14.9. The van der Waals surface area contributed by atoms with Crippen LogP contribution in [-0.4, -0.2) is 34.9 Å². The van der Waals surface area contributed by atoms with Crippen LogP contribution in [-0.2, 0) is 11.3 Å². The van der Waals surface area contributed by atoms with E-state index in [1.165, 1.54) is 6.92 Å². The van der Waals surface area contributed by atoms with Crippen molar-refractivity contribution in [3.8, 4) is 0 Å². The van der Waals surface area contributed by atoms with Crippen LogP contribution in [0.4, 0.5) is 11.4 Å². The van der Waals surface area contributed by atoms with Crippen LogP contribution in [0.1, 0.15) is 26.0 Å². The maximum atomic E-state index is 11.1. The Morgan fingerprint density at radius 1 is 1.20 bits per heavy atom. The van der Waals surface area contributed by atoms with Crippen LogP contribution in [0.25, 0.3) is 0 Å². The lowest BCUT2D eigenvalue weighted by Crippen LogP contribution is -2.44. The highest BCUT2D eigenvalue weighted by atomic mass is 16.1. The first-order chi connectivity index (χ1) is 12.1. The highest BCUT2D eigenvalue weighted by molar-refractivity contribution is 5.88. The lowest BCUT2D eigenvalue weighted by atomic mass is 9.93. The molecule has 0 spiro atoms. The SMILES string of the molecule is CC(=O)Nc1ccc(N[C@H]2CCN(Cc3ccccn3)C[C@@H]2C)cc1. The molecule has 0 radical (unpaired) electrons. The summed E-state index contributed by atoms with van der Waals surface area (Å²) in [5.41, 5.74) is 3.06. The first-order valence-electron chi connectivity index (χ1n) is 8.86. The Morgan fingerprint density at radius 3 is 2.60 bits per heavy atom. The highest BCUT2D eigenvalue weighted by Crippen LogP contribution is 2.23. The molecule has 1 saturated heterocycles. The molecule has 5 nitrogen and oxygen atoms in total. The van der Waals surface area contributed by atoms with Gasteiger partial charge in [-0.2, -0.15) is 0 Å². The molecule has 2 N–H and O–H groups in total. The molecule has 1 amide bonds. The van der Waals surface area contributed by atoms with Gasteiger partial charge >= 0.3 is 0 Å². The van der Waals surface area contributed by atoms with Gasteiger partial charge < -0.3 is 10.6 Å². The lowest BCUT2D eigenvalue weighted by molar-refractivity contribution is -0.114. The smallest absolute Gasteiger partial charge is 0.221 e. The molecule has 2 aromatic rings. The largest absolute Gasteiger partial charge is 0.382 e. The molecule has 0 unspecified atom stereocenters. The predicted octanol–water partition coefficient (Wildman–Crippen LogP) is 3.36. The second-order valence-electron chi connectivity index (χ2n) is 6.83. The van der Waals surface area contributed by atoms with Crippen LogP contribution in [0.5, 0.6) is 0 Å². The minimum absolute atomic E-state index is 0.0467. The fraction of sp³-hybridized carbons (Fsp3) is 0.400. The summed E-state index contributed by atoms with van der Waals surface area (Å²) < 4.78 is 0. The fourth-order valence-corrected chi connectivity index (χ4v) is 3.38. The summed E-state index contributed by atoms with van der Waals surface area (Å²) >= 11 is 0. The molecule has 5 heteroatoms. The molecule has 2 heterocycles. The zero-order chi connectivity index (χ0) is 17.6. The number of anilines is 2. The van der Waals surface area contributed by atoms with Crippen LogP contribution in [0.15, 0.2) is 48.7 Å². The number of benzene rings is 1. The van der Waals surface area contributed by atoms with E-state index >= 15 is 0 Å². The molecular weight excluding hydrogens is 312 g/mol. The molecule has 25 heavy (non-hydrogen) atoms. The maximum Gasteiger partial charge on any atom is 0.221 e. The molecular formula is C20H26N4O. The normalized spacial score (nSPS) is 20.9. The van der Waals surface area contributed by atoms with Crippen molar-refractivity contribution in [2.45, 2.75) is 32.9 Å². The summed E-state index contributed by atoms with van der Waals surface area (Å²) in [6, 6.07) is 14.5. The van der Waals surface area contributed by atoms with Crippen molar-refractivity contribution in [1.29, 1.82) is 0 Å². The summed E-state index contributed by atoms with van der Waals surface area (Å²) in [5.74, 6) is 0.516. The van der Waals surface area contributed by atoms with Gasteiger partial charge in [-0.3, -0.25) is 14.7 Å². The minimum atomic E-state index is -0.0467. The monoisotopic (exact) mass is 338 g/mol. The molecule has 1 aromatic heterocycles. The van der Waals surface area contributed by atoms with Crippen LogP contribution in [0.3, 0.4) is 0 Å². The average Bonchev–Trinajstić information content (AvgIpc) is 2.59. The van der Waals surface area contributed by atoms with E-state index in [2.05, 4.69) is 33.5 Å². The molecule has 1 aromatic carbocycles. The number of hydrogen-bond acceptors (Lipinski definition) is 4. The third-order valence-corrected chi connectivity index (χ3v) is 4.66. The van der Waals surface area contributed by atoms with Crippen LogP contribution in [0.2, 0.25) is 0 Å². The topological polar surface area (TPSA) is 57.3 Å². The van der Waals surface area contributed by atoms with Crippen molar-refractivity contribution < 1.29 is 4.79 Å². The first kappa shape index (κ1) is 17.4. The second kappa shape index (κ2) is 8.12. The summed E-state index contributed by atoms with van der Waals surface area (Å²) in [4.78, 5) is 18.0. The quantitative estimate of drug-likeness (QED) is 0.878. The van der Waals surface area contributed by atoms with Gasteiger partial charge in [0.15, 0.2) is 0 Å². The predicted molar refractivity (Wildman–Crippen MR) is 101 cm³/mol. The van der Waals surface area contributed by atoms with Crippen molar-refractivity contribution >= 4 is 17.3 Å². The number of aromatic nitrogens is 1. The number of piperidine rings is 1. The molecule has 0 saturated carbocycles. The van der Waals surface area contributed by atoms with Crippen LogP contribution in [0, 0.1) is 5.92 Å². The van der Waals surface area contributed by atoms with Gasteiger partial charge in [-0.15, -0.1) is 0 Å². The third kappa shape index (κ3) is 5.03. The van der Waals surface area contributed by atoms with Gasteiger partial charge in [0.25, 0.3) is 0 Å². The number of carbonyl (C=O) groups is 1. The molecule has 3 rings (SSSR count). The molecule has 1 fully saturated rings. The van der Waals surface area contributed by atoms with Gasteiger partial charge in [0.05, 0.1) is 5.69 Å². The number of amides is 1. The third-order valence-electron chi connectivity index (χ3n) is 4.66. The number of hydrogen-bond donors (Lipinski definition) is 2. The Hall–Kier alpha value is -2.40. The van der Waals surface area contributed by atoms with E-state index in [1.807, 2.05) is 42.6 Å². The standard InChI is InChI=1S/C20H26N4O/c1-15-13-24(14-19-5-3-4-11-21-19)12-10-20(15)23-18-8-6-17(7-9-18)22-16(2)25/h3-9,11,15,20,23H,10,12-14H2,1-2H3,(H,22,25)/t15-,20-/m0/s1. The molecule has 2 atom stereocenters. The number of carbonyl (C=O) groups excluding carboxylic acids is 1. The van der Waals surface area contributed by atoms with Crippen LogP contribution >= 0.6 is 0 Å². The van der Waals surface area contributed by atoms with E-state index in [-0.39, 0.29) is 5.91 Å². The second-order valence-corrected chi connectivity index (χ2v) is 6.83. The number of likely N-dealkylation sites (tertiary alicyclic amines) is 1. The Balaban J connectivity index is 1.52. The van der Waals surface area contributed by atoms with Crippen molar-refractivity contribution in [2.75, 3.05) is 23.7 Å². The van der Waals surface area contributed by atoms with E-state index in [4.69, 9.17) is 0 Å². The van der Waals surface area contributed by atoms with E-state index in [1.54, 1.807) is 0 Å². The van der Waals surface area contributed by atoms with Crippen molar-refractivity contribution in [1.82, 2.24) is 9.88 Å². The molecule has 0 bridgehead atoms. The van der Waals surface area contributed by atoms with Crippen molar-refractivity contribution in [3.63, 3.8) is 0 Å². The highest BCUT2D eigenvalue weighted by Gasteiger charge is 2.26. The number of nitrogens with one attached hydrogen (secondary N) is 2. The summed E-state index contributed by atoms with van der Waals surface area (Å²) in [6.07, 6.45) is 2.97. The fourth-order valence-electron chi connectivity index (χ4n) is 3.38. The van der Waals surface area contributed by atoms with Crippen molar-refractivity contribution in [3.05, 3.63) is 54.4 Å². The number of pyridine rings is 1. The Bertz CT molecular complexity index is 687. The summed E-state index contributed by atoms with van der Waals surface area (Å²) in [7, 11) is 0. The van der Waals surface area contributed by atoms with Gasteiger partial charge in [-0.05, 0) is 48.7 Å². The van der Waals surface area contributed by atoms with Gasteiger partial charge in [0.2, 0.25) is 5.91 Å². The molecule has 1 aliphatic rings. The Kier molecular flexibility index (Phi) is 5.66. The van der Waals surface area contributed by atoms with E-state index in [0.29, 0.717) is 12.0 Å². The Morgan fingerprint density at radius 2 is 1.96 bits per heavy atom. The first-order valence-corrected chi connectivity index (χ1v) is 8.86. The van der Waals surface area contributed by atoms with Gasteiger partial charge in [0, 0.05) is 50.2 Å². The van der Waals surface area contributed by atoms with Gasteiger partial charge in [-0.1, -0.05) is 13.0 Å². The molecule has 1 aliphatic heterocycles. The molecule has 0 aliphatic carbocycles. The van der Waals surface area contributed by atoms with E-state index < -0.39 is 0 Å². The van der Waals surface area contributed by atoms with E-state index in [9.17, 15) is 4.79 Å². The minimum Gasteiger partial charge on any atom is -0.382 e. The summed E-state index contributed by atoms with van der Waals surface area (Å²) in [6.45, 7) is 6.88. The zero-order valence-corrected chi connectivity index (χ0v) is 14.9. The maximum absolute atomic E-state index is 11.1. The van der Waals surface area contributed by atoms with Gasteiger partial charge in [-0.25, -0.2) is 0 Å². The number of rotatable bonds is 5. The number of nitrogens with zero attached hydrogens (tertiary/aromatic N) is 2. The molecule has 132 valence electrons. The lowest BCUT2D eigenvalue weighted by Gasteiger charge is -2.37. The van der Waals surface area contributed by atoms with Crippen molar-refractivity contribution in [2.24, 2.45) is 5.92 Å². The Labute approximate surface area is 149 Å². The van der Waals surface area contributed by atoms with Crippen LogP contribution < -0.4 is 10.6 Å². The van der Waals surface area contributed by atoms with E-state index in [0.717, 1.165) is 43.1 Å².